The van der Waals surface area contributed by atoms with Crippen LogP contribution in [0.2, 0.25) is 0 Å². The lowest BCUT2D eigenvalue weighted by Gasteiger charge is -2.26. The molecule has 14 heavy (non-hydrogen) atoms. The van der Waals surface area contributed by atoms with E-state index in [1.807, 2.05) is 0 Å². The van der Waals surface area contributed by atoms with E-state index in [-0.39, 0.29) is 0 Å². The van der Waals surface area contributed by atoms with E-state index in [1.165, 1.54) is 51.4 Å². The highest BCUT2D eigenvalue weighted by molar-refractivity contribution is 4.90. The number of rotatable bonds is 5. The van der Waals surface area contributed by atoms with Crippen molar-refractivity contribution in [1.82, 2.24) is 0 Å². The van der Waals surface area contributed by atoms with Crippen molar-refractivity contribution in [2.45, 2.75) is 65.2 Å². The zero-order valence-corrected chi connectivity index (χ0v) is 9.97. The Morgan fingerprint density at radius 2 is 1.79 bits per heavy atom. The van der Waals surface area contributed by atoms with Crippen LogP contribution < -0.4 is 0 Å². The van der Waals surface area contributed by atoms with Crippen molar-refractivity contribution in [3.8, 4) is 0 Å². The second-order valence-corrected chi connectivity index (χ2v) is 4.76. The Kier molecular flexibility index (Phi) is 5.98. The van der Waals surface area contributed by atoms with Crippen molar-refractivity contribution >= 4 is 0 Å². The van der Waals surface area contributed by atoms with Gasteiger partial charge in [0, 0.05) is 0 Å². The summed E-state index contributed by atoms with van der Waals surface area (Å²) >= 11 is 0. The summed E-state index contributed by atoms with van der Waals surface area (Å²) in [5, 5.41) is 0. The van der Waals surface area contributed by atoms with Gasteiger partial charge in [0.1, 0.15) is 0 Å². The summed E-state index contributed by atoms with van der Waals surface area (Å²) in [6.45, 7) is 4.53. The molecule has 1 aliphatic carbocycles. The minimum atomic E-state index is 0.910. The van der Waals surface area contributed by atoms with Gasteiger partial charge < -0.3 is 0 Å². The SMILES string of the molecule is CC/C=C\C1CCC(CCCC)CC1. The molecule has 0 atom stereocenters. The molecule has 0 radical (unpaired) electrons. The molecule has 0 aromatic carbocycles. The van der Waals surface area contributed by atoms with Crippen molar-refractivity contribution in [2.75, 3.05) is 0 Å². The lowest BCUT2D eigenvalue weighted by atomic mass is 9.80. The van der Waals surface area contributed by atoms with Gasteiger partial charge in [0.2, 0.25) is 0 Å². The Hall–Kier alpha value is -0.260. The molecule has 0 heterocycles. The minimum Gasteiger partial charge on any atom is -0.0885 e. The minimum absolute atomic E-state index is 0.910. The number of allylic oxidation sites excluding steroid dienone is 2. The Morgan fingerprint density at radius 1 is 1.07 bits per heavy atom. The molecule has 1 rings (SSSR count). The number of unbranched alkanes of at least 4 members (excludes halogenated alkanes) is 1. The summed E-state index contributed by atoms with van der Waals surface area (Å²) in [6, 6.07) is 0. The van der Waals surface area contributed by atoms with Gasteiger partial charge in [0.05, 0.1) is 0 Å². The van der Waals surface area contributed by atoms with Gasteiger partial charge in [0.15, 0.2) is 0 Å². The highest BCUT2D eigenvalue weighted by Crippen LogP contribution is 2.32. The molecule has 0 spiro atoms. The Bertz CT molecular complexity index is 149. The zero-order valence-electron chi connectivity index (χ0n) is 9.97. The second kappa shape index (κ2) is 7.09. The summed E-state index contributed by atoms with van der Waals surface area (Å²) in [5.41, 5.74) is 0. The predicted molar refractivity (Wildman–Crippen MR) is 64.4 cm³/mol. The molecule has 0 N–H and O–H groups in total. The van der Waals surface area contributed by atoms with Crippen LogP contribution in [0.25, 0.3) is 0 Å². The monoisotopic (exact) mass is 194 g/mol. The third-order valence-electron chi connectivity index (χ3n) is 3.50. The maximum absolute atomic E-state index is 2.45. The maximum Gasteiger partial charge on any atom is -0.0233 e. The van der Waals surface area contributed by atoms with Crippen LogP contribution in [0.1, 0.15) is 65.2 Å². The van der Waals surface area contributed by atoms with Crippen molar-refractivity contribution in [3.05, 3.63) is 12.2 Å². The van der Waals surface area contributed by atoms with Gasteiger partial charge in [-0.05, 0) is 43.9 Å². The Balaban J connectivity index is 2.14. The fourth-order valence-corrected chi connectivity index (χ4v) is 2.49. The van der Waals surface area contributed by atoms with E-state index in [1.54, 1.807) is 0 Å². The standard InChI is InChI=1S/C14H26/c1-3-5-7-13-9-11-14(12-10-13)8-6-4-2/h5,7,13-14H,3-4,6,8-12H2,1-2H3/b7-5-. The van der Waals surface area contributed by atoms with E-state index in [0.717, 1.165) is 11.8 Å². The van der Waals surface area contributed by atoms with E-state index in [2.05, 4.69) is 26.0 Å². The fourth-order valence-electron chi connectivity index (χ4n) is 2.49. The molecule has 0 amide bonds. The topological polar surface area (TPSA) is 0 Å². The Labute approximate surface area is 89.8 Å². The average molecular weight is 194 g/mol. The van der Waals surface area contributed by atoms with Gasteiger partial charge in [-0.1, -0.05) is 45.3 Å². The lowest BCUT2D eigenvalue weighted by molar-refractivity contribution is 0.290. The quantitative estimate of drug-likeness (QED) is 0.543. The lowest BCUT2D eigenvalue weighted by Crippen LogP contribution is -2.12. The molecule has 82 valence electrons. The van der Waals surface area contributed by atoms with Crippen molar-refractivity contribution in [3.63, 3.8) is 0 Å². The molecule has 1 aliphatic rings. The molecule has 0 heteroatoms. The van der Waals surface area contributed by atoms with Crippen LogP contribution in [0.5, 0.6) is 0 Å². The first-order valence-corrected chi connectivity index (χ1v) is 6.53. The van der Waals surface area contributed by atoms with Crippen molar-refractivity contribution in [1.29, 1.82) is 0 Å². The van der Waals surface area contributed by atoms with E-state index in [0.29, 0.717) is 0 Å². The molecule has 0 bridgehead atoms. The van der Waals surface area contributed by atoms with Crippen LogP contribution in [-0.2, 0) is 0 Å². The van der Waals surface area contributed by atoms with Gasteiger partial charge in [-0.3, -0.25) is 0 Å². The summed E-state index contributed by atoms with van der Waals surface area (Å²) in [6.07, 6.45) is 16.2. The smallest absolute Gasteiger partial charge is 0.0233 e. The molecule has 0 aromatic rings. The first kappa shape index (κ1) is 11.8. The molecular formula is C14H26. The summed E-state index contributed by atoms with van der Waals surface area (Å²) in [5.74, 6) is 1.97. The van der Waals surface area contributed by atoms with E-state index < -0.39 is 0 Å². The number of hydrogen-bond acceptors (Lipinski definition) is 0. The highest BCUT2D eigenvalue weighted by Gasteiger charge is 2.18. The summed E-state index contributed by atoms with van der Waals surface area (Å²) in [7, 11) is 0. The number of hydrogen-bond donors (Lipinski definition) is 0. The van der Waals surface area contributed by atoms with Gasteiger partial charge in [0.25, 0.3) is 0 Å². The largest absolute Gasteiger partial charge is 0.0885 e. The molecule has 1 fully saturated rings. The van der Waals surface area contributed by atoms with Crippen LogP contribution in [-0.4, -0.2) is 0 Å². The van der Waals surface area contributed by atoms with Crippen molar-refractivity contribution in [2.24, 2.45) is 11.8 Å². The van der Waals surface area contributed by atoms with Crippen LogP contribution in [0, 0.1) is 11.8 Å². The normalized spacial score (nSPS) is 28.4. The van der Waals surface area contributed by atoms with Crippen molar-refractivity contribution < 1.29 is 0 Å². The van der Waals surface area contributed by atoms with Gasteiger partial charge in [-0.15, -0.1) is 0 Å². The molecular weight excluding hydrogens is 168 g/mol. The average Bonchev–Trinajstić information content (AvgIpc) is 2.25. The van der Waals surface area contributed by atoms with Crippen LogP contribution in [0.3, 0.4) is 0 Å². The molecule has 0 unspecified atom stereocenters. The highest BCUT2D eigenvalue weighted by atomic mass is 14.2. The van der Waals surface area contributed by atoms with Crippen LogP contribution >= 0.6 is 0 Å². The third kappa shape index (κ3) is 4.30. The Morgan fingerprint density at radius 3 is 2.36 bits per heavy atom. The molecule has 1 saturated carbocycles. The molecule has 0 aliphatic heterocycles. The van der Waals surface area contributed by atoms with Gasteiger partial charge in [-0.25, -0.2) is 0 Å². The van der Waals surface area contributed by atoms with E-state index >= 15 is 0 Å². The second-order valence-electron chi connectivity index (χ2n) is 4.76. The molecule has 0 aromatic heterocycles. The van der Waals surface area contributed by atoms with E-state index in [4.69, 9.17) is 0 Å². The van der Waals surface area contributed by atoms with Gasteiger partial charge >= 0.3 is 0 Å². The molecule has 0 saturated heterocycles. The summed E-state index contributed by atoms with van der Waals surface area (Å²) in [4.78, 5) is 0. The maximum atomic E-state index is 2.45. The van der Waals surface area contributed by atoms with Crippen LogP contribution in [0.4, 0.5) is 0 Å². The molecule has 0 nitrogen and oxygen atoms in total. The zero-order chi connectivity index (χ0) is 10.2. The van der Waals surface area contributed by atoms with Gasteiger partial charge in [-0.2, -0.15) is 0 Å². The first-order valence-electron chi connectivity index (χ1n) is 6.53. The summed E-state index contributed by atoms with van der Waals surface area (Å²) < 4.78 is 0. The van der Waals surface area contributed by atoms with E-state index in [9.17, 15) is 0 Å². The van der Waals surface area contributed by atoms with Crippen LogP contribution in [0.15, 0.2) is 12.2 Å². The third-order valence-corrected chi connectivity index (χ3v) is 3.50. The predicted octanol–water partition coefficient (Wildman–Crippen LogP) is 4.95. The first-order chi connectivity index (χ1) is 6.86. The fraction of sp³-hybridized carbons (Fsp3) is 0.857.